The van der Waals surface area contributed by atoms with Crippen LogP contribution in [-0.2, 0) is 22.9 Å². The van der Waals surface area contributed by atoms with E-state index in [-0.39, 0.29) is 5.75 Å². The molecule has 0 spiro atoms. The Kier molecular flexibility index (Phi) is 7.63. The first kappa shape index (κ1) is 24.4. The average molecular weight is 479 g/mol. The van der Waals surface area contributed by atoms with Crippen LogP contribution in [0, 0.1) is 6.92 Å². The maximum atomic E-state index is 12.6. The Bertz CT molecular complexity index is 1220. The topological polar surface area (TPSA) is 66.4 Å². The van der Waals surface area contributed by atoms with E-state index in [1.165, 1.54) is 11.1 Å². The number of aryl methyl sites for hydroxylation is 2. The van der Waals surface area contributed by atoms with Crippen LogP contribution < -0.4 is 4.90 Å². The molecule has 1 aliphatic rings. The third-order valence-corrected chi connectivity index (χ3v) is 8.37. The van der Waals surface area contributed by atoms with Gasteiger partial charge < -0.3 is 4.90 Å². The van der Waals surface area contributed by atoms with Gasteiger partial charge in [-0.15, -0.1) is 0 Å². The van der Waals surface area contributed by atoms with Gasteiger partial charge >= 0.3 is 0 Å². The summed E-state index contributed by atoms with van der Waals surface area (Å²) in [5.74, 6) is 1.86. The van der Waals surface area contributed by atoms with Crippen LogP contribution in [0.5, 0.6) is 0 Å². The molecule has 0 radical (unpaired) electrons. The molecule has 0 saturated carbocycles. The molecule has 3 aromatic rings. The molecule has 7 heteroatoms. The minimum Gasteiger partial charge on any atom is -0.354 e. The molecule has 4 rings (SSSR count). The zero-order chi connectivity index (χ0) is 24.1. The number of rotatable bonds is 8. The van der Waals surface area contributed by atoms with Crippen molar-refractivity contribution in [2.45, 2.75) is 40.0 Å². The minimum atomic E-state index is -3.19. The van der Waals surface area contributed by atoms with E-state index in [0.29, 0.717) is 32.6 Å². The molecule has 180 valence electrons. The molecule has 2 aromatic carbocycles. The van der Waals surface area contributed by atoms with E-state index < -0.39 is 10.0 Å². The Morgan fingerprint density at radius 3 is 2.29 bits per heavy atom. The van der Waals surface area contributed by atoms with E-state index in [1.807, 2.05) is 37.3 Å². The van der Waals surface area contributed by atoms with Crippen LogP contribution in [0.15, 0.2) is 54.6 Å². The standard InChI is InChI=1S/C27H34N4O2S/c1-4-18-34(32,33)31-16-14-30(15-17-31)27-24(20-22-11-9-10-21(3)19-22)25(5-2)28-26(29-27)23-12-7-6-8-13-23/h6-13,19H,4-5,14-18,20H2,1-3H3. The lowest BCUT2D eigenvalue weighted by Gasteiger charge is -2.36. The Balaban J connectivity index is 1.72. The highest BCUT2D eigenvalue weighted by Gasteiger charge is 2.29. The van der Waals surface area contributed by atoms with Gasteiger partial charge in [0, 0.05) is 49.4 Å². The van der Waals surface area contributed by atoms with Crippen molar-refractivity contribution in [3.8, 4) is 11.4 Å². The van der Waals surface area contributed by atoms with Crippen molar-refractivity contribution in [1.29, 1.82) is 0 Å². The first-order valence-corrected chi connectivity index (χ1v) is 13.8. The number of anilines is 1. The SMILES string of the molecule is CCCS(=O)(=O)N1CCN(c2nc(-c3ccccc3)nc(CC)c2Cc2cccc(C)c2)CC1. The van der Waals surface area contributed by atoms with Crippen molar-refractivity contribution in [2.24, 2.45) is 0 Å². The van der Waals surface area contributed by atoms with Gasteiger partial charge in [0.15, 0.2) is 5.82 Å². The van der Waals surface area contributed by atoms with Gasteiger partial charge in [0.25, 0.3) is 0 Å². The van der Waals surface area contributed by atoms with Crippen LogP contribution in [0.4, 0.5) is 5.82 Å². The molecular formula is C27H34N4O2S. The minimum absolute atomic E-state index is 0.206. The van der Waals surface area contributed by atoms with E-state index in [2.05, 4.69) is 43.0 Å². The Labute approximate surface area is 203 Å². The summed E-state index contributed by atoms with van der Waals surface area (Å²) < 4.78 is 26.8. The van der Waals surface area contributed by atoms with Crippen molar-refractivity contribution in [3.63, 3.8) is 0 Å². The number of sulfonamides is 1. The third kappa shape index (κ3) is 5.47. The largest absolute Gasteiger partial charge is 0.354 e. The Morgan fingerprint density at radius 2 is 1.65 bits per heavy atom. The van der Waals surface area contributed by atoms with Crippen LogP contribution in [-0.4, -0.2) is 54.6 Å². The molecular weight excluding hydrogens is 444 g/mol. The molecule has 0 amide bonds. The summed E-state index contributed by atoms with van der Waals surface area (Å²) in [4.78, 5) is 12.3. The fourth-order valence-corrected chi connectivity index (χ4v) is 6.05. The van der Waals surface area contributed by atoms with Gasteiger partial charge in [-0.05, 0) is 25.3 Å². The van der Waals surface area contributed by atoms with Crippen molar-refractivity contribution < 1.29 is 8.42 Å². The summed E-state index contributed by atoms with van der Waals surface area (Å²) in [6, 6.07) is 18.6. The maximum Gasteiger partial charge on any atom is 0.214 e. The van der Waals surface area contributed by atoms with Gasteiger partial charge in [-0.25, -0.2) is 18.4 Å². The molecule has 1 saturated heterocycles. The Morgan fingerprint density at radius 1 is 0.912 bits per heavy atom. The number of nitrogens with zero attached hydrogens (tertiary/aromatic N) is 4. The van der Waals surface area contributed by atoms with Crippen LogP contribution in [0.2, 0.25) is 0 Å². The summed E-state index contributed by atoms with van der Waals surface area (Å²) in [7, 11) is -3.19. The summed E-state index contributed by atoms with van der Waals surface area (Å²) in [5.41, 5.74) is 5.64. The predicted octanol–water partition coefficient (Wildman–Crippen LogP) is 4.47. The molecule has 1 fully saturated rings. The molecule has 2 heterocycles. The summed E-state index contributed by atoms with van der Waals surface area (Å²) in [6.07, 6.45) is 2.19. The molecule has 1 aliphatic heterocycles. The second-order valence-electron chi connectivity index (χ2n) is 8.88. The predicted molar refractivity (Wildman–Crippen MR) is 139 cm³/mol. The molecule has 6 nitrogen and oxygen atoms in total. The van der Waals surface area contributed by atoms with Crippen molar-refractivity contribution in [1.82, 2.24) is 14.3 Å². The zero-order valence-electron chi connectivity index (χ0n) is 20.4. The monoisotopic (exact) mass is 478 g/mol. The lowest BCUT2D eigenvalue weighted by atomic mass is 10.00. The fraction of sp³-hybridized carbons (Fsp3) is 0.407. The highest BCUT2D eigenvalue weighted by atomic mass is 32.2. The molecule has 34 heavy (non-hydrogen) atoms. The van der Waals surface area contributed by atoms with E-state index in [9.17, 15) is 8.42 Å². The van der Waals surface area contributed by atoms with Gasteiger partial charge in [-0.1, -0.05) is 74.0 Å². The molecule has 1 aromatic heterocycles. The number of hydrogen-bond donors (Lipinski definition) is 0. The molecule has 0 unspecified atom stereocenters. The highest BCUT2D eigenvalue weighted by Crippen LogP contribution is 2.29. The van der Waals surface area contributed by atoms with E-state index in [4.69, 9.17) is 9.97 Å². The van der Waals surface area contributed by atoms with Crippen molar-refractivity contribution in [2.75, 3.05) is 36.8 Å². The van der Waals surface area contributed by atoms with Crippen LogP contribution >= 0.6 is 0 Å². The van der Waals surface area contributed by atoms with E-state index >= 15 is 0 Å². The molecule has 0 bridgehead atoms. The fourth-order valence-electron chi connectivity index (χ4n) is 4.56. The Hall–Kier alpha value is -2.77. The first-order chi connectivity index (χ1) is 16.4. The third-order valence-electron chi connectivity index (χ3n) is 6.29. The lowest BCUT2D eigenvalue weighted by Crippen LogP contribution is -2.49. The number of benzene rings is 2. The normalized spacial score (nSPS) is 15.0. The van der Waals surface area contributed by atoms with E-state index in [1.54, 1.807) is 4.31 Å². The number of aromatic nitrogens is 2. The highest BCUT2D eigenvalue weighted by molar-refractivity contribution is 7.89. The van der Waals surface area contributed by atoms with Gasteiger partial charge in [0.2, 0.25) is 10.0 Å². The summed E-state index contributed by atoms with van der Waals surface area (Å²) in [6.45, 7) is 8.36. The second-order valence-corrected chi connectivity index (χ2v) is 11.0. The summed E-state index contributed by atoms with van der Waals surface area (Å²) >= 11 is 0. The maximum absolute atomic E-state index is 12.6. The first-order valence-electron chi connectivity index (χ1n) is 12.1. The van der Waals surface area contributed by atoms with Crippen LogP contribution in [0.25, 0.3) is 11.4 Å². The van der Waals surface area contributed by atoms with Crippen molar-refractivity contribution >= 4 is 15.8 Å². The molecule has 0 N–H and O–H groups in total. The van der Waals surface area contributed by atoms with Crippen LogP contribution in [0.1, 0.15) is 42.7 Å². The van der Waals surface area contributed by atoms with Crippen molar-refractivity contribution in [3.05, 3.63) is 77.0 Å². The van der Waals surface area contributed by atoms with Gasteiger partial charge in [0.1, 0.15) is 5.82 Å². The van der Waals surface area contributed by atoms with Gasteiger partial charge in [0.05, 0.1) is 5.75 Å². The quantitative estimate of drug-likeness (QED) is 0.478. The lowest BCUT2D eigenvalue weighted by molar-refractivity contribution is 0.383. The molecule has 0 aliphatic carbocycles. The summed E-state index contributed by atoms with van der Waals surface area (Å²) in [5, 5.41) is 0. The van der Waals surface area contributed by atoms with E-state index in [0.717, 1.165) is 41.3 Å². The van der Waals surface area contributed by atoms with Gasteiger partial charge in [-0.2, -0.15) is 4.31 Å². The zero-order valence-corrected chi connectivity index (χ0v) is 21.2. The number of piperazine rings is 1. The number of hydrogen-bond acceptors (Lipinski definition) is 5. The molecule has 0 atom stereocenters. The van der Waals surface area contributed by atoms with Crippen LogP contribution in [0.3, 0.4) is 0 Å². The van der Waals surface area contributed by atoms with Gasteiger partial charge in [-0.3, -0.25) is 0 Å². The second kappa shape index (κ2) is 10.7. The average Bonchev–Trinajstić information content (AvgIpc) is 2.85. The smallest absolute Gasteiger partial charge is 0.214 e.